The normalized spacial score (nSPS) is 11.5. The van der Waals surface area contributed by atoms with Gasteiger partial charge in [-0.05, 0) is 111 Å². The minimum atomic E-state index is 0.531. The molecule has 0 aliphatic heterocycles. The van der Waals surface area contributed by atoms with Crippen LogP contribution in [0.3, 0.4) is 0 Å². The van der Waals surface area contributed by atoms with Crippen molar-refractivity contribution >= 4 is 43.4 Å². The molecule has 5 aromatic carbocycles. The van der Waals surface area contributed by atoms with Crippen LogP contribution in [0.1, 0.15) is 0 Å². The molecular formula is C45H27N7. The van der Waals surface area contributed by atoms with Gasteiger partial charge in [0.1, 0.15) is 0 Å². The zero-order valence-corrected chi connectivity index (χ0v) is 27.7. The quantitative estimate of drug-likeness (QED) is 0.169. The van der Waals surface area contributed by atoms with Crippen molar-refractivity contribution in [2.45, 2.75) is 0 Å². The van der Waals surface area contributed by atoms with Crippen LogP contribution in [0.2, 0.25) is 0 Å². The van der Waals surface area contributed by atoms with Crippen molar-refractivity contribution in [3.63, 3.8) is 0 Å². The maximum absolute atomic E-state index is 5.11. The van der Waals surface area contributed by atoms with Gasteiger partial charge in [0.05, 0.1) is 11.0 Å². The number of benzene rings is 5. The van der Waals surface area contributed by atoms with Gasteiger partial charge in [-0.2, -0.15) is 0 Å². The Morgan fingerprint density at radius 3 is 1.23 bits per heavy atom. The fraction of sp³-hybridized carbons (Fsp3) is 0. The number of rotatable bonds is 5. The van der Waals surface area contributed by atoms with Gasteiger partial charge in [-0.25, -0.2) is 15.0 Å². The van der Waals surface area contributed by atoms with E-state index < -0.39 is 0 Å². The summed E-state index contributed by atoms with van der Waals surface area (Å²) in [6.45, 7) is 0. The van der Waals surface area contributed by atoms with Gasteiger partial charge in [0.15, 0.2) is 17.5 Å². The summed E-state index contributed by atoms with van der Waals surface area (Å²) in [6.07, 6.45) is 10.7. The molecule has 7 nitrogen and oxygen atoms in total. The molecule has 52 heavy (non-hydrogen) atoms. The van der Waals surface area contributed by atoms with Crippen LogP contribution in [0.5, 0.6) is 0 Å². The third kappa shape index (κ3) is 5.11. The van der Waals surface area contributed by atoms with Crippen molar-refractivity contribution in [1.29, 1.82) is 0 Å². The number of hydrogen-bond donors (Lipinski definition) is 0. The van der Waals surface area contributed by atoms with E-state index in [9.17, 15) is 0 Å². The Labute approximate surface area is 298 Å². The molecule has 242 valence electrons. The number of aromatic nitrogens is 7. The largest absolute Gasteiger partial charge is 0.264 e. The first-order valence-electron chi connectivity index (χ1n) is 17.0. The van der Waals surface area contributed by atoms with E-state index in [1.54, 1.807) is 24.8 Å². The van der Waals surface area contributed by atoms with Crippen molar-refractivity contribution in [2.75, 3.05) is 0 Å². The molecule has 0 radical (unpaired) electrons. The highest BCUT2D eigenvalue weighted by atomic mass is 15.0. The van der Waals surface area contributed by atoms with Crippen molar-refractivity contribution < 1.29 is 0 Å². The van der Waals surface area contributed by atoms with Crippen LogP contribution in [-0.2, 0) is 0 Å². The molecule has 0 spiro atoms. The third-order valence-electron chi connectivity index (χ3n) is 9.50. The van der Waals surface area contributed by atoms with E-state index in [0.717, 1.165) is 82.3 Å². The molecule has 0 N–H and O–H groups in total. The summed E-state index contributed by atoms with van der Waals surface area (Å²) in [5.74, 6) is 1.60. The van der Waals surface area contributed by atoms with Gasteiger partial charge >= 0.3 is 0 Å². The maximum Gasteiger partial charge on any atom is 0.165 e. The molecule has 10 rings (SSSR count). The molecule has 5 heterocycles. The molecule has 7 heteroatoms. The van der Waals surface area contributed by atoms with E-state index in [4.69, 9.17) is 24.9 Å². The summed E-state index contributed by atoms with van der Waals surface area (Å²) in [4.78, 5) is 33.5. The van der Waals surface area contributed by atoms with Gasteiger partial charge in [0.2, 0.25) is 0 Å². The van der Waals surface area contributed by atoms with Gasteiger partial charge in [-0.15, -0.1) is 0 Å². The standard InChI is InChI=1S/C45H27N7/c1-3-13-35-28(9-1)24-39-37(15-7-19-48-39)41(35)32-21-33(42-36-14-4-2-10-29(36)25-40-38(42)16-8-20-49-40)23-34(22-32)45-51-43(30-11-5-17-46-26-30)50-44(52-45)31-12-6-18-47-27-31/h1-27H. The predicted molar refractivity (Wildman–Crippen MR) is 208 cm³/mol. The van der Waals surface area contributed by atoms with Gasteiger partial charge < -0.3 is 0 Å². The lowest BCUT2D eigenvalue weighted by Gasteiger charge is -2.17. The molecule has 0 saturated carbocycles. The van der Waals surface area contributed by atoms with E-state index in [1.165, 1.54) is 0 Å². The summed E-state index contributed by atoms with van der Waals surface area (Å²) < 4.78 is 0. The number of hydrogen-bond acceptors (Lipinski definition) is 7. The van der Waals surface area contributed by atoms with E-state index in [0.29, 0.717) is 17.5 Å². The summed E-state index contributed by atoms with van der Waals surface area (Å²) in [6, 6.07) is 44.0. The van der Waals surface area contributed by atoms with Crippen molar-refractivity contribution in [3.8, 4) is 56.4 Å². The average Bonchev–Trinajstić information content (AvgIpc) is 3.22. The van der Waals surface area contributed by atoms with E-state index in [1.807, 2.05) is 48.8 Å². The highest BCUT2D eigenvalue weighted by Gasteiger charge is 2.19. The molecule has 0 bridgehead atoms. The molecule has 0 aliphatic rings. The second-order valence-electron chi connectivity index (χ2n) is 12.7. The monoisotopic (exact) mass is 665 g/mol. The fourth-order valence-electron chi connectivity index (χ4n) is 7.19. The first-order chi connectivity index (χ1) is 25.8. The number of fused-ring (bicyclic) bond motifs is 4. The smallest absolute Gasteiger partial charge is 0.165 e. The van der Waals surface area contributed by atoms with Crippen LogP contribution in [0.4, 0.5) is 0 Å². The lowest BCUT2D eigenvalue weighted by molar-refractivity contribution is 1.07. The van der Waals surface area contributed by atoms with Crippen LogP contribution in [0.25, 0.3) is 99.8 Å². The lowest BCUT2D eigenvalue weighted by atomic mass is 9.88. The summed E-state index contributed by atoms with van der Waals surface area (Å²) in [5, 5.41) is 6.64. The van der Waals surface area contributed by atoms with Crippen LogP contribution < -0.4 is 0 Å². The lowest BCUT2D eigenvalue weighted by Crippen LogP contribution is -2.01. The predicted octanol–water partition coefficient (Wildman–Crippen LogP) is 10.4. The molecule has 0 saturated heterocycles. The SMILES string of the molecule is c1cncc(-c2nc(-c3cccnc3)nc(-c3cc(-c4c5ccccc5cc5ncccc45)cc(-c4c5ccccc5cc5ncccc45)c3)n2)c1. The molecule has 5 aromatic heterocycles. The molecule has 0 atom stereocenters. The molecular weight excluding hydrogens is 639 g/mol. The Balaban J connectivity index is 1.33. The summed E-state index contributed by atoms with van der Waals surface area (Å²) in [7, 11) is 0. The zero-order valence-electron chi connectivity index (χ0n) is 27.7. The first-order valence-corrected chi connectivity index (χ1v) is 17.0. The third-order valence-corrected chi connectivity index (χ3v) is 9.50. The maximum atomic E-state index is 5.11. The van der Waals surface area contributed by atoms with E-state index >= 15 is 0 Å². The van der Waals surface area contributed by atoms with E-state index in [-0.39, 0.29) is 0 Å². The number of pyridine rings is 4. The van der Waals surface area contributed by atoms with E-state index in [2.05, 4.69) is 101 Å². The molecule has 0 fully saturated rings. The average molecular weight is 666 g/mol. The van der Waals surface area contributed by atoms with Gasteiger partial charge in [-0.1, -0.05) is 60.7 Å². The van der Waals surface area contributed by atoms with Gasteiger partial charge in [0, 0.05) is 64.6 Å². The van der Waals surface area contributed by atoms with Crippen LogP contribution >= 0.6 is 0 Å². The minimum Gasteiger partial charge on any atom is -0.264 e. The van der Waals surface area contributed by atoms with Crippen molar-refractivity contribution in [3.05, 3.63) is 165 Å². The first kappa shape index (κ1) is 29.6. The van der Waals surface area contributed by atoms with Crippen LogP contribution in [-0.4, -0.2) is 34.9 Å². The second kappa shape index (κ2) is 12.3. The highest BCUT2D eigenvalue weighted by molar-refractivity contribution is 6.15. The Bertz CT molecular complexity index is 2660. The molecule has 0 amide bonds. The zero-order chi connectivity index (χ0) is 34.4. The van der Waals surface area contributed by atoms with Gasteiger partial charge in [-0.3, -0.25) is 19.9 Å². The fourth-order valence-corrected chi connectivity index (χ4v) is 7.19. The summed E-state index contributed by atoms with van der Waals surface area (Å²) in [5.41, 5.74) is 8.55. The minimum absolute atomic E-state index is 0.531. The molecule has 10 aromatic rings. The van der Waals surface area contributed by atoms with Gasteiger partial charge in [0.25, 0.3) is 0 Å². The second-order valence-corrected chi connectivity index (χ2v) is 12.7. The Hall–Kier alpha value is -7.25. The topological polar surface area (TPSA) is 90.2 Å². The molecule has 0 aliphatic carbocycles. The Morgan fingerprint density at radius 2 is 0.750 bits per heavy atom. The van der Waals surface area contributed by atoms with Crippen LogP contribution in [0.15, 0.2) is 165 Å². The van der Waals surface area contributed by atoms with Crippen molar-refractivity contribution in [1.82, 2.24) is 34.9 Å². The van der Waals surface area contributed by atoms with Crippen LogP contribution in [0, 0.1) is 0 Å². The van der Waals surface area contributed by atoms with Crippen molar-refractivity contribution in [2.24, 2.45) is 0 Å². The Kier molecular flexibility index (Phi) is 6.99. The Morgan fingerprint density at radius 1 is 0.327 bits per heavy atom. The summed E-state index contributed by atoms with van der Waals surface area (Å²) >= 11 is 0. The number of nitrogens with zero attached hydrogens (tertiary/aromatic N) is 7. The highest BCUT2D eigenvalue weighted by Crippen LogP contribution is 2.43. The molecule has 0 unspecified atom stereocenters.